The molecule has 0 spiro atoms. The third-order valence-electron chi connectivity index (χ3n) is 9.30. The van der Waals surface area contributed by atoms with Crippen LogP contribution in [0.25, 0.3) is 10.8 Å². The van der Waals surface area contributed by atoms with Gasteiger partial charge < -0.3 is 20.4 Å². The number of carbonyl (C=O) groups excluding carboxylic acids is 6. The summed E-state index contributed by atoms with van der Waals surface area (Å²) in [6.45, 7) is 3.95. The fourth-order valence-corrected chi connectivity index (χ4v) is 6.71. The monoisotopic (exact) mass is 652 g/mol. The SMILES string of the molecule is CN1CCCNC(=O)c2cccc(c2)C(=O)NCCCN(C)CCCN2C(=O)c3ccc4c5c(ccc(c35)C2=O)C(=O)N(CCC1)C4=O. The zero-order chi connectivity index (χ0) is 33.9. The number of hydrogen-bond donors (Lipinski definition) is 2. The minimum absolute atomic E-state index is 0.215. The first-order valence-corrected chi connectivity index (χ1v) is 16.5. The Balaban J connectivity index is 1.21. The van der Waals surface area contributed by atoms with Crippen LogP contribution in [-0.4, -0.2) is 121 Å². The van der Waals surface area contributed by atoms with E-state index in [1.165, 1.54) is 9.80 Å². The van der Waals surface area contributed by atoms with Gasteiger partial charge >= 0.3 is 0 Å². The first-order valence-electron chi connectivity index (χ1n) is 16.5. The molecule has 9 rings (SSSR count). The van der Waals surface area contributed by atoms with Gasteiger partial charge in [0.05, 0.1) is 0 Å². The molecular weight excluding hydrogens is 612 g/mol. The summed E-state index contributed by atoms with van der Waals surface area (Å²) >= 11 is 0. The third-order valence-corrected chi connectivity index (χ3v) is 9.30. The molecule has 0 aromatic heterocycles. The van der Waals surface area contributed by atoms with E-state index < -0.39 is 23.6 Å². The number of benzene rings is 3. The lowest BCUT2D eigenvalue weighted by Crippen LogP contribution is -2.44. The molecule has 6 aliphatic heterocycles. The van der Waals surface area contributed by atoms with Gasteiger partial charge in [-0.1, -0.05) is 6.07 Å². The molecule has 0 fully saturated rings. The predicted octanol–water partition coefficient (Wildman–Crippen LogP) is 2.63. The Kier molecular flexibility index (Phi) is 9.65. The van der Waals surface area contributed by atoms with Gasteiger partial charge in [0, 0.05) is 70.3 Å². The van der Waals surface area contributed by atoms with E-state index in [1.54, 1.807) is 48.5 Å². The summed E-state index contributed by atoms with van der Waals surface area (Å²) in [6.07, 6.45) is 2.47. The lowest BCUT2D eigenvalue weighted by molar-refractivity contribution is 0.0583. The van der Waals surface area contributed by atoms with E-state index in [2.05, 4.69) is 20.4 Å². The summed E-state index contributed by atoms with van der Waals surface area (Å²) in [5.74, 6) is -2.23. The normalized spacial score (nSPS) is 19.6. The van der Waals surface area contributed by atoms with E-state index >= 15 is 0 Å². The molecule has 3 aromatic rings. The van der Waals surface area contributed by atoms with E-state index in [0.717, 1.165) is 0 Å². The minimum Gasteiger partial charge on any atom is -0.352 e. The maximum Gasteiger partial charge on any atom is 0.261 e. The average molecular weight is 653 g/mol. The summed E-state index contributed by atoms with van der Waals surface area (Å²) in [7, 11) is 3.88. The molecule has 48 heavy (non-hydrogen) atoms. The Morgan fingerprint density at radius 2 is 0.833 bits per heavy atom. The fourth-order valence-electron chi connectivity index (χ4n) is 6.71. The second-order valence-corrected chi connectivity index (χ2v) is 12.7. The highest BCUT2D eigenvalue weighted by atomic mass is 16.2. The molecule has 250 valence electrons. The summed E-state index contributed by atoms with van der Waals surface area (Å²) in [5, 5.41) is 6.58. The quantitative estimate of drug-likeness (QED) is 0.354. The maximum absolute atomic E-state index is 13.6. The van der Waals surface area contributed by atoms with E-state index in [1.807, 2.05) is 14.1 Å². The zero-order valence-electron chi connectivity index (χ0n) is 27.3. The molecule has 0 saturated carbocycles. The van der Waals surface area contributed by atoms with Crippen molar-refractivity contribution in [2.24, 2.45) is 0 Å². The lowest BCUT2D eigenvalue weighted by Gasteiger charge is -2.32. The molecule has 10 bridgehead atoms. The summed E-state index contributed by atoms with van der Waals surface area (Å²) < 4.78 is 0. The Hall–Kier alpha value is -4.94. The van der Waals surface area contributed by atoms with Crippen molar-refractivity contribution in [3.63, 3.8) is 0 Å². The maximum atomic E-state index is 13.6. The number of imide groups is 2. The predicted molar refractivity (Wildman–Crippen MR) is 179 cm³/mol. The Bertz CT molecular complexity index is 1630. The highest BCUT2D eigenvalue weighted by Gasteiger charge is 2.39. The first kappa shape index (κ1) is 33.0. The standard InChI is InChI=1S/C36H40N6O6/c1-39-16-4-14-37-31(43)23-8-3-9-24(22-23)32(44)38-15-5-17-40(2)19-7-21-42-35(47)27-12-10-25-29-26(11-13-28(30(27)29)36(42)48)34(46)41(33(25)45)20-6-18-39/h3,8-13,22H,4-7,14-21H2,1-2H3,(H,37,43)(H,38,44). The van der Waals surface area contributed by atoms with Gasteiger partial charge in [0.25, 0.3) is 35.4 Å². The Labute approximate surface area is 279 Å². The van der Waals surface area contributed by atoms with Crippen molar-refractivity contribution in [2.75, 3.05) is 66.5 Å². The van der Waals surface area contributed by atoms with Crippen molar-refractivity contribution in [2.45, 2.75) is 25.7 Å². The van der Waals surface area contributed by atoms with Crippen molar-refractivity contribution >= 4 is 46.2 Å². The van der Waals surface area contributed by atoms with Crippen molar-refractivity contribution in [1.29, 1.82) is 0 Å². The van der Waals surface area contributed by atoms with Gasteiger partial charge in [0.15, 0.2) is 0 Å². The molecule has 0 aliphatic carbocycles. The molecule has 6 aliphatic rings. The topological polar surface area (TPSA) is 139 Å². The van der Waals surface area contributed by atoms with Gasteiger partial charge in [-0.2, -0.15) is 0 Å². The Morgan fingerprint density at radius 1 is 0.479 bits per heavy atom. The second-order valence-electron chi connectivity index (χ2n) is 12.7. The van der Waals surface area contributed by atoms with Crippen LogP contribution in [0.15, 0.2) is 48.5 Å². The molecule has 6 heterocycles. The summed E-state index contributed by atoms with van der Waals surface area (Å²) in [5.41, 5.74) is 2.09. The number of nitrogens with one attached hydrogen (secondary N) is 2. The molecule has 12 nitrogen and oxygen atoms in total. The summed E-state index contributed by atoms with van der Waals surface area (Å²) in [6, 6.07) is 13.0. The van der Waals surface area contributed by atoms with Crippen LogP contribution in [0.4, 0.5) is 0 Å². The van der Waals surface area contributed by atoms with Gasteiger partial charge in [-0.15, -0.1) is 0 Å². The molecular formula is C36H40N6O6. The summed E-state index contributed by atoms with van der Waals surface area (Å²) in [4.78, 5) is 86.6. The highest BCUT2D eigenvalue weighted by molar-refractivity contribution is 6.33. The largest absolute Gasteiger partial charge is 0.352 e. The van der Waals surface area contributed by atoms with Gasteiger partial charge in [-0.25, -0.2) is 0 Å². The van der Waals surface area contributed by atoms with Crippen LogP contribution < -0.4 is 10.6 Å². The molecule has 0 saturated heterocycles. The van der Waals surface area contributed by atoms with Gasteiger partial charge in [0.1, 0.15) is 0 Å². The number of carbonyl (C=O) groups is 6. The van der Waals surface area contributed by atoms with Crippen molar-refractivity contribution < 1.29 is 28.8 Å². The van der Waals surface area contributed by atoms with Crippen LogP contribution in [0, 0.1) is 0 Å². The van der Waals surface area contributed by atoms with Crippen LogP contribution in [0.1, 0.15) is 87.8 Å². The van der Waals surface area contributed by atoms with Gasteiger partial charge in [-0.05, 0) is 108 Å². The average Bonchev–Trinajstić information content (AvgIpc) is 3.08. The van der Waals surface area contributed by atoms with Crippen LogP contribution in [-0.2, 0) is 0 Å². The van der Waals surface area contributed by atoms with E-state index in [0.29, 0.717) is 109 Å². The van der Waals surface area contributed by atoms with Crippen LogP contribution in [0.5, 0.6) is 0 Å². The van der Waals surface area contributed by atoms with Crippen molar-refractivity contribution in [1.82, 2.24) is 30.2 Å². The van der Waals surface area contributed by atoms with E-state index in [4.69, 9.17) is 0 Å². The van der Waals surface area contributed by atoms with Gasteiger partial charge in [0.2, 0.25) is 0 Å². The number of fused-ring (bicyclic) bond motifs is 2. The molecule has 0 radical (unpaired) electrons. The Morgan fingerprint density at radius 3 is 1.21 bits per heavy atom. The zero-order valence-corrected chi connectivity index (χ0v) is 27.3. The van der Waals surface area contributed by atoms with Crippen LogP contribution in [0.2, 0.25) is 0 Å². The number of hydrogen-bond acceptors (Lipinski definition) is 8. The second kappa shape index (κ2) is 14.0. The third kappa shape index (κ3) is 6.45. The minimum atomic E-state index is -0.433. The van der Waals surface area contributed by atoms with Crippen LogP contribution >= 0.6 is 0 Å². The molecule has 0 unspecified atom stereocenters. The van der Waals surface area contributed by atoms with E-state index in [9.17, 15) is 28.8 Å². The fraction of sp³-hybridized carbons (Fsp3) is 0.389. The van der Waals surface area contributed by atoms with Crippen molar-refractivity contribution in [3.8, 4) is 0 Å². The lowest BCUT2D eigenvalue weighted by atomic mass is 9.86. The van der Waals surface area contributed by atoms with Crippen LogP contribution in [0.3, 0.4) is 0 Å². The molecule has 12 heteroatoms. The van der Waals surface area contributed by atoms with Crippen molar-refractivity contribution in [3.05, 3.63) is 81.9 Å². The number of nitrogens with zero attached hydrogens (tertiary/aromatic N) is 4. The molecule has 0 atom stereocenters. The molecule has 3 aromatic carbocycles. The number of rotatable bonds is 0. The highest BCUT2D eigenvalue weighted by Crippen LogP contribution is 2.38. The molecule has 6 amide bonds. The van der Waals surface area contributed by atoms with E-state index in [-0.39, 0.29) is 24.9 Å². The molecule has 2 N–H and O–H groups in total. The van der Waals surface area contributed by atoms with Gasteiger partial charge in [-0.3, -0.25) is 38.6 Å². The first-order chi connectivity index (χ1) is 23.2. The number of amides is 6. The smallest absolute Gasteiger partial charge is 0.261 e.